The first-order valence-corrected chi connectivity index (χ1v) is 11.8. The van der Waals surface area contributed by atoms with Crippen LogP contribution in [0.25, 0.3) is 0 Å². The van der Waals surface area contributed by atoms with Crippen LogP contribution in [0.15, 0.2) is 29.3 Å². The van der Waals surface area contributed by atoms with Crippen molar-refractivity contribution in [2.24, 2.45) is 4.99 Å². The fourth-order valence-corrected chi connectivity index (χ4v) is 4.14. The Hall–Kier alpha value is -2.12. The third-order valence-corrected chi connectivity index (χ3v) is 5.88. The lowest BCUT2D eigenvalue weighted by atomic mass is 10.1. The van der Waals surface area contributed by atoms with Crippen LogP contribution in [-0.2, 0) is 20.8 Å². The molecule has 7 heteroatoms. The van der Waals surface area contributed by atoms with Gasteiger partial charge in [0.1, 0.15) is 0 Å². The normalized spacial score (nSPS) is 20.5. The smallest absolute Gasteiger partial charge is 0.224 e. The molecule has 1 unspecified atom stereocenters. The average molecular weight is 431 g/mol. The van der Waals surface area contributed by atoms with Gasteiger partial charge in [0.2, 0.25) is 5.91 Å². The van der Waals surface area contributed by atoms with Crippen molar-refractivity contribution in [3.05, 3.63) is 29.8 Å². The molecular weight excluding hydrogens is 392 g/mol. The third kappa shape index (κ3) is 7.82. The largest absolute Gasteiger partial charge is 0.376 e. The summed E-state index contributed by atoms with van der Waals surface area (Å²) >= 11 is 0. The van der Waals surface area contributed by atoms with Crippen molar-refractivity contribution < 1.29 is 14.3 Å². The molecule has 2 aliphatic heterocycles. The Balaban J connectivity index is 1.41. The first-order valence-electron chi connectivity index (χ1n) is 11.8. The summed E-state index contributed by atoms with van der Waals surface area (Å²) in [6.45, 7) is 6.14. The van der Waals surface area contributed by atoms with Crippen molar-refractivity contribution in [1.82, 2.24) is 10.2 Å². The highest BCUT2D eigenvalue weighted by Crippen LogP contribution is 2.18. The van der Waals surface area contributed by atoms with E-state index in [4.69, 9.17) is 9.47 Å². The maximum absolute atomic E-state index is 11.8. The third-order valence-electron chi connectivity index (χ3n) is 5.88. The van der Waals surface area contributed by atoms with Gasteiger partial charge < -0.3 is 25.0 Å². The number of hydrogen-bond donors (Lipinski definition) is 2. The SMILES string of the molecule is CCCC(=O)Nc1cccc(CNC(=NC)N2CCC(OCC3CCCCO3)CC2)c1. The van der Waals surface area contributed by atoms with Gasteiger partial charge >= 0.3 is 0 Å². The number of carbonyl (C=O) groups excluding carboxylic acids is 1. The minimum atomic E-state index is 0.0589. The monoisotopic (exact) mass is 430 g/mol. The lowest BCUT2D eigenvalue weighted by Crippen LogP contribution is -2.47. The number of rotatable bonds is 8. The molecule has 0 bridgehead atoms. The summed E-state index contributed by atoms with van der Waals surface area (Å²) in [7, 11) is 1.83. The lowest BCUT2D eigenvalue weighted by molar-refractivity contribution is -0.116. The molecule has 0 spiro atoms. The van der Waals surface area contributed by atoms with Gasteiger partial charge in [-0.25, -0.2) is 0 Å². The number of amides is 1. The van der Waals surface area contributed by atoms with Gasteiger partial charge in [0.15, 0.2) is 5.96 Å². The molecule has 2 aliphatic rings. The van der Waals surface area contributed by atoms with Crippen molar-refractivity contribution in [2.45, 2.75) is 70.6 Å². The number of nitrogens with one attached hydrogen (secondary N) is 2. The molecule has 1 aromatic rings. The summed E-state index contributed by atoms with van der Waals surface area (Å²) in [5.41, 5.74) is 1.95. The van der Waals surface area contributed by atoms with Crippen LogP contribution in [-0.4, -0.2) is 62.3 Å². The molecule has 1 aromatic carbocycles. The molecule has 2 heterocycles. The van der Waals surface area contributed by atoms with E-state index in [9.17, 15) is 4.79 Å². The summed E-state index contributed by atoms with van der Waals surface area (Å²) < 4.78 is 11.9. The van der Waals surface area contributed by atoms with E-state index >= 15 is 0 Å². The predicted molar refractivity (Wildman–Crippen MR) is 124 cm³/mol. The van der Waals surface area contributed by atoms with Crippen LogP contribution in [0.3, 0.4) is 0 Å². The van der Waals surface area contributed by atoms with Crippen LogP contribution in [0.5, 0.6) is 0 Å². The summed E-state index contributed by atoms with van der Waals surface area (Å²) in [5.74, 6) is 0.970. The number of carbonyl (C=O) groups is 1. The number of hydrogen-bond acceptors (Lipinski definition) is 4. The second-order valence-electron chi connectivity index (χ2n) is 8.41. The molecular formula is C24H38N4O3. The Morgan fingerprint density at radius 1 is 1.26 bits per heavy atom. The van der Waals surface area contributed by atoms with Crippen LogP contribution in [0.2, 0.25) is 0 Å². The van der Waals surface area contributed by atoms with Gasteiger partial charge in [0, 0.05) is 45.4 Å². The summed E-state index contributed by atoms with van der Waals surface area (Å²) in [6.07, 6.45) is 7.55. The van der Waals surface area contributed by atoms with E-state index in [1.807, 2.05) is 32.2 Å². The Labute approximate surface area is 186 Å². The number of piperidine rings is 1. The number of benzene rings is 1. The van der Waals surface area contributed by atoms with Crippen LogP contribution >= 0.6 is 0 Å². The molecule has 0 aromatic heterocycles. The zero-order valence-electron chi connectivity index (χ0n) is 19.1. The molecule has 172 valence electrons. The highest BCUT2D eigenvalue weighted by atomic mass is 16.5. The Bertz CT molecular complexity index is 711. The molecule has 2 N–H and O–H groups in total. The van der Waals surface area contributed by atoms with Crippen molar-refractivity contribution >= 4 is 17.6 Å². The fourth-order valence-electron chi connectivity index (χ4n) is 4.14. The van der Waals surface area contributed by atoms with Crippen molar-refractivity contribution in [3.8, 4) is 0 Å². The van der Waals surface area contributed by atoms with Crippen LogP contribution in [0, 0.1) is 0 Å². The molecule has 0 saturated carbocycles. The average Bonchev–Trinajstić information content (AvgIpc) is 2.80. The van der Waals surface area contributed by atoms with Gasteiger partial charge in [-0.3, -0.25) is 9.79 Å². The van der Waals surface area contributed by atoms with Crippen molar-refractivity contribution in [3.63, 3.8) is 0 Å². The molecule has 1 atom stereocenters. The predicted octanol–water partition coefficient (Wildman–Crippen LogP) is 3.55. The number of ether oxygens (including phenoxy) is 2. The van der Waals surface area contributed by atoms with Crippen LogP contribution < -0.4 is 10.6 Å². The quantitative estimate of drug-likeness (QED) is 0.487. The van der Waals surface area contributed by atoms with E-state index in [1.165, 1.54) is 12.8 Å². The first-order chi connectivity index (χ1) is 15.2. The molecule has 31 heavy (non-hydrogen) atoms. The Kier molecular flexibility index (Phi) is 9.62. The Morgan fingerprint density at radius 2 is 2.10 bits per heavy atom. The molecule has 2 fully saturated rings. The van der Waals surface area contributed by atoms with Gasteiger partial charge in [-0.1, -0.05) is 19.1 Å². The highest BCUT2D eigenvalue weighted by molar-refractivity contribution is 5.90. The van der Waals surface area contributed by atoms with Gasteiger partial charge in [0.05, 0.1) is 18.8 Å². The standard InChI is InChI=1S/C24H38N4O3/c1-3-7-23(29)27-20-9-6-8-19(16-20)17-26-24(25-2)28-13-11-21(12-14-28)31-18-22-10-4-5-15-30-22/h6,8-9,16,21-22H,3-5,7,10-15,17-18H2,1-2H3,(H,25,26)(H,27,29). The minimum Gasteiger partial charge on any atom is -0.376 e. The lowest BCUT2D eigenvalue weighted by Gasteiger charge is -2.35. The minimum absolute atomic E-state index is 0.0589. The van der Waals surface area contributed by atoms with E-state index < -0.39 is 0 Å². The molecule has 3 rings (SSSR count). The zero-order chi connectivity index (χ0) is 21.9. The van der Waals surface area contributed by atoms with Crippen LogP contribution in [0.4, 0.5) is 5.69 Å². The maximum atomic E-state index is 11.8. The molecule has 0 aliphatic carbocycles. The van der Waals surface area contributed by atoms with Gasteiger partial charge in [0.25, 0.3) is 0 Å². The maximum Gasteiger partial charge on any atom is 0.224 e. The van der Waals surface area contributed by atoms with Crippen molar-refractivity contribution in [1.29, 1.82) is 0 Å². The number of nitrogens with zero attached hydrogens (tertiary/aromatic N) is 2. The van der Waals surface area contributed by atoms with Gasteiger partial charge in [-0.05, 0) is 56.2 Å². The summed E-state index contributed by atoms with van der Waals surface area (Å²) in [6, 6.07) is 7.97. The number of guanidine groups is 1. The second-order valence-corrected chi connectivity index (χ2v) is 8.41. The molecule has 7 nitrogen and oxygen atoms in total. The second kappa shape index (κ2) is 12.7. The van der Waals surface area contributed by atoms with E-state index in [2.05, 4.69) is 26.6 Å². The molecule has 2 saturated heterocycles. The zero-order valence-corrected chi connectivity index (χ0v) is 19.1. The number of anilines is 1. The van der Waals surface area contributed by atoms with Gasteiger partial charge in [-0.2, -0.15) is 0 Å². The fraction of sp³-hybridized carbons (Fsp3) is 0.667. The Morgan fingerprint density at radius 3 is 2.81 bits per heavy atom. The summed E-state index contributed by atoms with van der Waals surface area (Å²) in [4.78, 5) is 18.6. The topological polar surface area (TPSA) is 75.2 Å². The first kappa shape index (κ1) is 23.5. The highest BCUT2D eigenvalue weighted by Gasteiger charge is 2.23. The van der Waals surface area contributed by atoms with Crippen LogP contribution in [0.1, 0.15) is 57.4 Å². The molecule has 0 radical (unpaired) electrons. The van der Waals surface area contributed by atoms with Crippen molar-refractivity contribution in [2.75, 3.05) is 38.7 Å². The van der Waals surface area contributed by atoms with E-state index in [0.717, 1.165) is 69.2 Å². The van der Waals surface area contributed by atoms with E-state index in [0.29, 0.717) is 19.1 Å². The van der Waals surface area contributed by atoms with Gasteiger partial charge in [-0.15, -0.1) is 0 Å². The van der Waals surface area contributed by atoms with E-state index in [-0.39, 0.29) is 12.0 Å². The molecule has 1 amide bonds. The van der Waals surface area contributed by atoms with E-state index in [1.54, 1.807) is 0 Å². The number of likely N-dealkylation sites (tertiary alicyclic amines) is 1. The summed E-state index contributed by atoms with van der Waals surface area (Å²) in [5, 5.41) is 6.42. The number of aliphatic imine (C=N–C) groups is 1.